The molecule has 160 valence electrons. The lowest BCUT2D eigenvalue weighted by molar-refractivity contribution is -0.905. The summed E-state index contributed by atoms with van der Waals surface area (Å²) in [5, 5.41) is 9.38. The van der Waals surface area contributed by atoms with Gasteiger partial charge in [-0.3, -0.25) is 5.21 Å². The first-order valence-corrected chi connectivity index (χ1v) is 11.7. The van der Waals surface area contributed by atoms with Crippen molar-refractivity contribution in [1.82, 2.24) is 9.55 Å². The fraction of sp³-hybridized carbons (Fsp3) is 0.455. The molecule has 0 saturated carbocycles. The molecule has 1 aromatic carbocycles. The topological polar surface area (TPSA) is 85.3 Å². The summed E-state index contributed by atoms with van der Waals surface area (Å²) in [7, 11) is -3.70. The van der Waals surface area contributed by atoms with E-state index in [1.165, 1.54) is 24.5 Å². The number of rotatable bonds is 4. The van der Waals surface area contributed by atoms with E-state index >= 15 is 0 Å². The average molecular weight is 431 g/mol. The number of imidazole rings is 1. The minimum atomic E-state index is -3.70. The molecule has 0 amide bonds. The predicted octanol–water partition coefficient (Wildman–Crippen LogP) is 3.12. The van der Waals surface area contributed by atoms with E-state index in [1.807, 2.05) is 6.07 Å². The minimum absolute atomic E-state index is 0.129. The molecule has 8 heteroatoms. The largest absolute Gasteiger partial charge is 0.381 e. The predicted molar refractivity (Wildman–Crippen MR) is 111 cm³/mol. The van der Waals surface area contributed by atoms with Crippen LogP contribution in [0.2, 0.25) is 0 Å². The quantitative estimate of drug-likeness (QED) is 0.508. The first kappa shape index (κ1) is 20.8. The summed E-state index contributed by atoms with van der Waals surface area (Å²) in [5.74, 6) is 1.48. The summed E-state index contributed by atoms with van der Waals surface area (Å²) >= 11 is 0. The molecule has 0 unspecified atom stereocenters. The first-order chi connectivity index (χ1) is 14.2. The van der Waals surface area contributed by atoms with E-state index in [2.05, 4.69) is 25.3 Å². The summed E-state index contributed by atoms with van der Waals surface area (Å²) in [5.41, 5.74) is 1.46. The highest BCUT2D eigenvalue weighted by molar-refractivity contribution is 7.91. The molecule has 4 rings (SSSR count). The fourth-order valence-corrected chi connectivity index (χ4v) is 5.21. The van der Waals surface area contributed by atoms with Crippen LogP contribution in [0.3, 0.4) is 0 Å². The third kappa shape index (κ3) is 3.94. The Hall–Kier alpha value is -2.45. The Labute approximate surface area is 176 Å². The van der Waals surface area contributed by atoms with E-state index in [9.17, 15) is 13.6 Å². The van der Waals surface area contributed by atoms with Crippen LogP contribution in [0.15, 0.2) is 52.5 Å². The van der Waals surface area contributed by atoms with Gasteiger partial charge in [0, 0.05) is 42.0 Å². The van der Waals surface area contributed by atoms with Gasteiger partial charge in [-0.2, -0.15) is 0 Å². The van der Waals surface area contributed by atoms with Crippen molar-refractivity contribution >= 4 is 20.9 Å². The van der Waals surface area contributed by atoms with Crippen molar-refractivity contribution in [2.45, 2.75) is 55.4 Å². The number of fused-ring (bicyclic) bond motifs is 1. The molecular formula is C22H28N3O4S+. The highest BCUT2D eigenvalue weighted by Gasteiger charge is 2.27. The zero-order valence-corrected chi connectivity index (χ0v) is 18.4. The second-order valence-corrected chi connectivity index (χ2v) is 10.9. The number of hydrogen-bond donors (Lipinski definition) is 1. The van der Waals surface area contributed by atoms with Gasteiger partial charge in [0.05, 0.1) is 20.8 Å². The van der Waals surface area contributed by atoms with Crippen molar-refractivity contribution in [1.29, 1.82) is 0 Å². The number of aromatic nitrogens is 3. The number of hydrogen-bond acceptors (Lipinski definition) is 5. The SMILES string of the molecule is CC(C)(C)c1nc2cc(S(=O)(=O)c3cc[n+](O)cc3)ccc2n1CC1CCOCC1. The molecule has 1 N–H and O–H groups in total. The standard InChI is InChI=1S/C22H28N3O4S/c1-22(2,3)21-23-19-14-18(30(27,28)17-6-10-24(26)11-7-17)4-5-20(19)25(21)15-16-8-12-29-13-9-16/h4-7,10-11,14,16,26H,8-9,12-13,15H2,1-3H3/q+1. The van der Waals surface area contributed by atoms with E-state index in [0.29, 0.717) is 11.4 Å². The first-order valence-electron chi connectivity index (χ1n) is 10.2. The zero-order chi connectivity index (χ0) is 21.5. The molecule has 1 fully saturated rings. The van der Waals surface area contributed by atoms with Gasteiger partial charge in [0.2, 0.25) is 22.2 Å². The molecule has 0 atom stereocenters. The lowest BCUT2D eigenvalue weighted by Gasteiger charge is -2.26. The van der Waals surface area contributed by atoms with Crippen molar-refractivity contribution < 1.29 is 23.1 Å². The number of benzene rings is 1. The third-order valence-electron chi connectivity index (χ3n) is 5.58. The van der Waals surface area contributed by atoms with Crippen LogP contribution >= 0.6 is 0 Å². The summed E-state index contributed by atoms with van der Waals surface area (Å²) < 4.78 is 34.7. The highest BCUT2D eigenvalue weighted by Crippen LogP contribution is 2.31. The lowest BCUT2D eigenvalue weighted by Crippen LogP contribution is -2.28. The zero-order valence-electron chi connectivity index (χ0n) is 17.6. The number of nitrogens with zero attached hydrogens (tertiary/aromatic N) is 3. The van der Waals surface area contributed by atoms with Crippen molar-refractivity contribution in [2.75, 3.05) is 13.2 Å². The molecule has 0 aliphatic carbocycles. The number of ether oxygens (including phenoxy) is 1. The van der Waals surface area contributed by atoms with Gasteiger partial charge < -0.3 is 9.30 Å². The Balaban J connectivity index is 1.78. The second kappa shape index (κ2) is 7.67. The van der Waals surface area contributed by atoms with Gasteiger partial charge in [-0.25, -0.2) is 13.4 Å². The van der Waals surface area contributed by atoms with Gasteiger partial charge in [-0.05, 0) is 37.0 Å². The molecule has 0 bridgehead atoms. The van der Waals surface area contributed by atoms with Crippen molar-refractivity contribution in [3.8, 4) is 0 Å². The Morgan fingerprint density at radius 3 is 2.43 bits per heavy atom. The lowest BCUT2D eigenvalue weighted by atomic mass is 9.94. The molecule has 1 aliphatic rings. The molecule has 1 saturated heterocycles. The maximum Gasteiger partial charge on any atom is 0.223 e. The molecule has 2 aromatic heterocycles. The second-order valence-electron chi connectivity index (χ2n) is 8.92. The molecule has 30 heavy (non-hydrogen) atoms. The number of sulfone groups is 1. The van der Waals surface area contributed by atoms with Crippen LogP contribution in [0.1, 0.15) is 39.4 Å². The summed E-state index contributed by atoms with van der Waals surface area (Å²) in [6.07, 6.45) is 4.64. The van der Waals surface area contributed by atoms with E-state index in [0.717, 1.165) is 48.7 Å². The molecule has 0 spiro atoms. The molecular weight excluding hydrogens is 402 g/mol. The van der Waals surface area contributed by atoms with E-state index in [1.54, 1.807) is 12.1 Å². The Morgan fingerprint density at radius 1 is 1.13 bits per heavy atom. The Kier molecular flexibility index (Phi) is 5.32. The smallest absolute Gasteiger partial charge is 0.223 e. The van der Waals surface area contributed by atoms with E-state index in [-0.39, 0.29) is 15.2 Å². The fourth-order valence-electron chi connectivity index (χ4n) is 3.94. The van der Waals surface area contributed by atoms with Crippen molar-refractivity contribution in [2.24, 2.45) is 5.92 Å². The van der Waals surface area contributed by atoms with Crippen LogP contribution < -0.4 is 4.73 Å². The summed E-state index contributed by atoms with van der Waals surface area (Å²) in [6, 6.07) is 7.92. The maximum absolute atomic E-state index is 13.1. The van der Waals surface area contributed by atoms with Crippen LogP contribution in [0.25, 0.3) is 11.0 Å². The average Bonchev–Trinajstić information content (AvgIpc) is 3.07. The normalized spacial score (nSPS) is 16.2. The minimum Gasteiger partial charge on any atom is -0.381 e. The van der Waals surface area contributed by atoms with Gasteiger partial charge in [0.25, 0.3) is 0 Å². The summed E-state index contributed by atoms with van der Waals surface area (Å²) in [4.78, 5) is 5.18. The van der Waals surface area contributed by atoms with Crippen molar-refractivity contribution in [3.63, 3.8) is 0 Å². The van der Waals surface area contributed by atoms with Crippen LogP contribution in [-0.4, -0.2) is 36.4 Å². The summed E-state index contributed by atoms with van der Waals surface area (Å²) in [6.45, 7) is 8.81. The molecule has 3 heterocycles. The van der Waals surface area contributed by atoms with Crippen LogP contribution in [0, 0.1) is 5.92 Å². The molecule has 7 nitrogen and oxygen atoms in total. The van der Waals surface area contributed by atoms with E-state index in [4.69, 9.17) is 9.72 Å². The molecule has 0 radical (unpaired) electrons. The van der Waals surface area contributed by atoms with Gasteiger partial charge >= 0.3 is 0 Å². The Bertz CT molecular complexity index is 1160. The van der Waals surface area contributed by atoms with Crippen LogP contribution in [0.5, 0.6) is 0 Å². The molecule has 3 aromatic rings. The van der Waals surface area contributed by atoms with Crippen LogP contribution in [-0.2, 0) is 26.5 Å². The van der Waals surface area contributed by atoms with Crippen LogP contribution in [0.4, 0.5) is 0 Å². The highest BCUT2D eigenvalue weighted by atomic mass is 32.2. The van der Waals surface area contributed by atoms with Gasteiger partial charge in [-0.1, -0.05) is 20.8 Å². The van der Waals surface area contributed by atoms with Gasteiger partial charge in [0.1, 0.15) is 5.82 Å². The maximum atomic E-state index is 13.1. The monoisotopic (exact) mass is 430 g/mol. The Morgan fingerprint density at radius 2 is 1.80 bits per heavy atom. The van der Waals surface area contributed by atoms with Crippen molar-refractivity contribution in [3.05, 3.63) is 48.5 Å². The van der Waals surface area contributed by atoms with E-state index < -0.39 is 9.84 Å². The van der Waals surface area contributed by atoms with Gasteiger partial charge in [0.15, 0.2) is 0 Å². The number of pyridine rings is 1. The molecule has 1 aliphatic heterocycles. The van der Waals surface area contributed by atoms with Gasteiger partial charge in [-0.15, -0.1) is 0 Å². The third-order valence-corrected chi connectivity index (χ3v) is 7.34.